The van der Waals surface area contributed by atoms with Gasteiger partial charge in [0.1, 0.15) is 6.33 Å². The molecule has 0 aromatic carbocycles. The number of H-pyrrole nitrogens is 2. The van der Waals surface area contributed by atoms with Gasteiger partial charge in [-0.25, -0.2) is 15.0 Å². The average molecular weight is 294 g/mol. The number of nitrogens with one attached hydrogen (secondary N) is 3. The molecule has 9 nitrogen and oxygen atoms in total. The minimum Gasteiger partial charge on any atom is -0.358 e. The molecule has 0 unspecified atom stereocenters. The molecular formula is C13H10N8O. The first kappa shape index (κ1) is 12.3. The molecule has 0 spiro atoms. The van der Waals surface area contributed by atoms with Gasteiger partial charge < -0.3 is 10.3 Å². The highest BCUT2D eigenvalue weighted by molar-refractivity contribution is 6.09. The second-order valence-corrected chi connectivity index (χ2v) is 4.52. The van der Waals surface area contributed by atoms with E-state index in [2.05, 4.69) is 35.5 Å². The smallest absolute Gasteiger partial charge is 0.276 e. The number of hydrogen-bond donors (Lipinski definition) is 3. The van der Waals surface area contributed by atoms with Crippen LogP contribution in [0.1, 0.15) is 10.5 Å². The molecule has 0 saturated carbocycles. The van der Waals surface area contributed by atoms with E-state index >= 15 is 0 Å². The standard InChI is InChI=1S/C13H10N8O/c22-12(18-8-5-16-17-6-8)11-10-9(1-2-15-10)19-13(20-11)21-4-3-14-7-21/h1-7,15H,(H,16,17)(H,18,22). The zero-order valence-corrected chi connectivity index (χ0v) is 11.2. The van der Waals surface area contributed by atoms with E-state index in [0.29, 0.717) is 22.7 Å². The number of fused-ring (bicyclic) bond motifs is 1. The Labute approximate surface area is 123 Å². The van der Waals surface area contributed by atoms with E-state index in [1.54, 1.807) is 41.7 Å². The second-order valence-electron chi connectivity index (χ2n) is 4.52. The van der Waals surface area contributed by atoms with Gasteiger partial charge in [0, 0.05) is 24.8 Å². The van der Waals surface area contributed by atoms with Crippen LogP contribution in [-0.4, -0.2) is 40.6 Å². The molecule has 0 saturated heterocycles. The molecule has 4 aromatic rings. The Morgan fingerprint density at radius 1 is 1.32 bits per heavy atom. The first-order valence-corrected chi connectivity index (χ1v) is 6.45. The van der Waals surface area contributed by atoms with Gasteiger partial charge in [-0.3, -0.25) is 14.5 Å². The summed E-state index contributed by atoms with van der Waals surface area (Å²) in [6.07, 6.45) is 9.72. The van der Waals surface area contributed by atoms with Crippen LogP contribution >= 0.6 is 0 Å². The van der Waals surface area contributed by atoms with Gasteiger partial charge in [-0.2, -0.15) is 5.10 Å². The number of carbonyl (C=O) groups excluding carboxylic acids is 1. The molecule has 3 N–H and O–H groups in total. The summed E-state index contributed by atoms with van der Waals surface area (Å²) < 4.78 is 1.64. The SMILES string of the molecule is O=C(Nc1cn[nH]c1)c1nc(-n2ccnc2)nc2cc[nH]c12. The maximum atomic E-state index is 12.5. The summed E-state index contributed by atoms with van der Waals surface area (Å²) >= 11 is 0. The van der Waals surface area contributed by atoms with Gasteiger partial charge in [0.2, 0.25) is 5.95 Å². The van der Waals surface area contributed by atoms with E-state index in [1.807, 2.05) is 0 Å². The van der Waals surface area contributed by atoms with Crippen LogP contribution in [0.25, 0.3) is 17.0 Å². The normalized spacial score (nSPS) is 10.9. The number of anilines is 1. The number of aromatic amines is 2. The fraction of sp³-hybridized carbons (Fsp3) is 0. The highest BCUT2D eigenvalue weighted by Crippen LogP contribution is 2.17. The van der Waals surface area contributed by atoms with Gasteiger partial charge >= 0.3 is 0 Å². The first-order valence-electron chi connectivity index (χ1n) is 6.45. The van der Waals surface area contributed by atoms with Crippen molar-refractivity contribution < 1.29 is 4.79 Å². The number of amides is 1. The number of nitrogens with zero attached hydrogens (tertiary/aromatic N) is 5. The fourth-order valence-electron chi connectivity index (χ4n) is 2.10. The highest BCUT2D eigenvalue weighted by atomic mass is 16.1. The van der Waals surface area contributed by atoms with E-state index in [1.165, 1.54) is 6.20 Å². The predicted octanol–water partition coefficient (Wildman–Crippen LogP) is 1.12. The molecule has 108 valence electrons. The summed E-state index contributed by atoms with van der Waals surface area (Å²) in [5.41, 5.74) is 2.04. The summed E-state index contributed by atoms with van der Waals surface area (Å²) in [6.45, 7) is 0. The fourth-order valence-corrected chi connectivity index (χ4v) is 2.10. The summed E-state index contributed by atoms with van der Waals surface area (Å²) in [7, 11) is 0. The zero-order chi connectivity index (χ0) is 14.9. The topological polar surface area (TPSA) is 117 Å². The lowest BCUT2D eigenvalue weighted by molar-refractivity contribution is 0.102. The molecule has 4 aromatic heterocycles. The molecule has 0 aliphatic rings. The second kappa shape index (κ2) is 4.81. The van der Waals surface area contributed by atoms with E-state index in [4.69, 9.17) is 0 Å². The van der Waals surface area contributed by atoms with Crippen molar-refractivity contribution in [2.45, 2.75) is 0 Å². The van der Waals surface area contributed by atoms with Crippen LogP contribution in [0.4, 0.5) is 5.69 Å². The minimum atomic E-state index is -0.349. The molecule has 0 fully saturated rings. The average Bonchev–Trinajstić information content (AvgIpc) is 3.27. The van der Waals surface area contributed by atoms with Gasteiger partial charge in [-0.1, -0.05) is 0 Å². The van der Waals surface area contributed by atoms with Gasteiger partial charge in [-0.05, 0) is 6.07 Å². The van der Waals surface area contributed by atoms with Crippen LogP contribution in [0.3, 0.4) is 0 Å². The number of aromatic nitrogens is 7. The van der Waals surface area contributed by atoms with Crippen molar-refractivity contribution in [1.29, 1.82) is 0 Å². The Balaban J connectivity index is 1.81. The van der Waals surface area contributed by atoms with Crippen molar-refractivity contribution in [3.63, 3.8) is 0 Å². The Bertz CT molecular complexity index is 922. The zero-order valence-electron chi connectivity index (χ0n) is 11.2. The van der Waals surface area contributed by atoms with E-state index < -0.39 is 0 Å². The number of hydrogen-bond acceptors (Lipinski definition) is 5. The Morgan fingerprint density at radius 2 is 2.27 bits per heavy atom. The van der Waals surface area contributed by atoms with Crippen molar-refractivity contribution in [3.8, 4) is 5.95 Å². The largest absolute Gasteiger partial charge is 0.358 e. The Morgan fingerprint density at radius 3 is 3.05 bits per heavy atom. The first-order chi connectivity index (χ1) is 10.8. The van der Waals surface area contributed by atoms with Crippen molar-refractivity contribution in [3.05, 3.63) is 49.1 Å². The molecule has 0 radical (unpaired) electrons. The maximum Gasteiger partial charge on any atom is 0.276 e. The van der Waals surface area contributed by atoms with Crippen molar-refractivity contribution in [1.82, 2.24) is 34.7 Å². The van der Waals surface area contributed by atoms with E-state index in [0.717, 1.165) is 0 Å². The van der Waals surface area contributed by atoms with Crippen LogP contribution in [0.2, 0.25) is 0 Å². The van der Waals surface area contributed by atoms with Crippen LogP contribution in [-0.2, 0) is 0 Å². The number of carbonyl (C=O) groups is 1. The van der Waals surface area contributed by atoms with Crippen molar-refractivity contribution in [2.75, 3.05) is 5.32 Å². The third kappa shape index (κ3) is 2.00. The quantitative estimate of drug-likeness (QED) is 0.523. The monoisotopic (exact) mass is 294 g/mol. The number of imidazole rings is 1. The molecule has 0 aliphatic carbocycles. The summed E-state index contributed by atoms with van der Waals surface area (Å²) in [6, 6.07) is 1.78. The highest BCUT2D eigenvalue weighted by Gasteiger charge is 2.17. The molecule has 4 rings (SSSR count). The van der Waals surface area contributed by atoms with Gasteiger partial charge in [0.05, 0.1) is 22.9 Å². The van der Waals surface area contributed by atoms with E-state index in [-0.39, 0.29) is 11.6 Å². The van der Waals surface area contributed by atoms with Crippen LogP contribution in [0, 0.1) is 0 Å². The molecule has 0 atom stereocenters. The lowest BCUT2D eigenvalue weighted by Crippen LogP contribution is -2.16. The molecule has 4 heterocycles. The Kier molecular flexibility index (Phi) is 2.68. The molecular weight excluding hydrogens is 284 g/mol. The number of rotatable bonds is 3. The Hall–Kier alpha value is -3.49. The van der Waals surface area contributed by atoms with Crippen LogP contribution < -0.4 is 5.32 Å². The van der Waals surface area contributed by atoms with Crippen LogP contribution in [0.5, 0.6) is 0 Å². The minimum absolute atomic E-state index is 0.250. The van der Waals surface area contributed by atoms with Crippen LogP contribution in [0.15, 0.2) is 43.4 Å². The van der Waals surface area contributed by atoms with Crippen molar-refractivity contribution in [2.24, 2.45) is 0 Å². The van der Waals surface area contributed by atoms with E-state index in [9.17, 15) is 4.79 Å². The van der Waals surface area contributed by atoms with Gasteiger partial charge in [0.15, 0.2) is 5.69 Å². The molecule has 0 aliphatic heterocycles. The molecule has 1 amide bonds. The van der Waals surface area contributed by atoms with Crippen molar-refractivity contribution >= 4 is 22.6 Å². The lowest BCUT2D eigenvalue weighted by atomic mass is 10.3. The molecule has 22 heavy (non-hydrogen) atoms. The lowest BCUT2D eigenvalue weighted by Gasteiger charge is -2.06. The van der Waals surface area contributed by atoms with Gasteiger partial charge in [-0.15, -0.1) is 0 Å². The third-order valence-corrected chi connectivity index (χ3v) is 3.10. The third-order valence-electron chi connectivity index (χ3n) is 3.10. The predicted molar refractivity (Wildman–Crippen MR) is 77.6 cm³/mol. The summed E-state index contributed by atoms with van der Waals surface area (Å²) in [4.78, 5) is 28.1. The summed E-state index contributed by atoms with van der Waals surface area (Å²) in [5.74, 6) is 0.0274. The summed E-state index contributed by atoms with van der Waals surface area (Å²) in [5, 5.41) is 9.15. The van der Waals surface area contributed by atoms with Gasteiger partial charge in [0.25, 0.3) is 5.91 Å². The molecule has 0 bridgehead atoms. The molecule has 9 heteroatoms. The maximum absolute atomic E-state index is 12.5.